The molecule has 8 heteroatoms. The zero-order valence-corrected chi connectivity index (χ0v) is 17.5. The lowest BCUT2D eigenvalue weighted by molar-refractivity contribution is -0.132. The summed E-state index contributed by atoms with van der Waals surface area (Å²) in [7, 11) is 4.13. The number of oxime groups is 3. The molecule has 2 aromatic rings. The van der Waals surface area contributed by atoms with Crippen LogP contribution < -0.4 is 0 Å². The summed E-state index contributed by atoms with van der Waals surface area (Å²) < 4.78 is 4.78. The molecule has 0 saturated heterocycles. The molecule has 0 heterocycles. The van der Waals surface area contributed by atoms with Crippen molar-refractivity contribution >= 4 is 23.1 Å². The van der Waals surface area contributed by atoms with Gasteiger partial charge in [-0.3, -0.25) is 0 Å². The first-order valence-corrected chi connectivity index (χ1v) is 9.19. The molecular weight excluding hydrogens is 386 g/mol. The molecule has 0 atom stereocenters. The standard InChI is InChI=1S/C22H25N3O5/c1-16(20(24-28-3)14-17-10-6-5-7-11-17)23-30-15-18-12-8-9-13-19(18)21(25-29-4)22(26)27-2/h5-13H,14-15H2,1-4H3/b23-16+,24-20+,25-21+. The molecule has 0 unspecified atom stereocenters. The first-order chi connectivity index (χ1) is 14.6. The van der Waals surface area contributed by atoms with Crippen LogP contribution in [0.1, 0.15) is 23.6 Å². The number of hydrogen-bond acceptors (Lipinski definition) is 8. The maximum atomic E-state index is 12.0. The fourth-order valence-corrected chi connectivity index (χ4v) is 2.64. The van der Waals surface area contributed by atoms with Crippen LogP contribution in [0.5, 0.6) is 0 Å². The van der Waals surface area contributed by atoms with E-state index in [0.29, 0.717) is 29.0 Å². The van der Waals surface area contributed by atoms with Gasteiger partial charge in [0.15, 0.2) is 5.71 Å². The number of esters is 1. The Morgan fingerprint density at radius 1 is 0.867 bits per heavy atom. The van der Waals surface area contributed by atoms with Gasteiger partial charge >= 0.3 is 5.97 Å². The SMILES string of the molecule is CO/N=C(Cc1ccccc1)/C(C)=N/OCc1ccccc1/C(=N\OC)C(=O)OC. The van der Waals surface area contributed by atoms with E-state index >= 15 is 0 Å². The number of carbonyl (C=O) groups excluding carboxylic acids is 1. The fraction of sp³-hybridized carbons (Fsp3) is 0.273. The molecule has 2 aromatic carbocycles. The van der Waals surface area contributed by atoms with Crippen molar-refractivity contribution in [3.63, 3.8) is 0 Å². The minimum atomic E-state index is -0.610. The Kier molecular flexibility index (Phi) is 9.05. The topological polar surface area (TPSA) is 91.1 Å². The quantitative estimate of drug-likeness (QED) is 0.340. The first-order valence-electron chi connectivity index (χ1n) is 9.19. The molecule has 30 heavy (non-hydrogen) atoms. The summed E-state index contributed by atoms with van der Waals surface area (Å²) in [5.74, 6) is -0.610. The fourth-order valence-electron chi connectivity index (χ4n) is 2.64. The third kappa shape index (κ3) is 6.44. The molecule has 0 spiro atoms. The highest BCUT2D eigenvalue weighted by atomic mass is 16.6. The predicted octanol–water partition coefficient (Wildman–Crippen LogP) is 3.35. The normalized spacial score (nSPS) is 12.3. The minimum absolute atomic E-state index is 0.0469. The van der Waals surface area contributed by atoms with E-state index in [0.717, 1.165) is 5.56 Å². The molecule has 0 bridgehead atoms. The van der Waals surface area contributed by atoms with Gasteiger partial charge in [-0.2, -0.15) is 0 Å². The van der Waals surface area contributed by atoms with Crippen LogP contribution >= 0.6 is 0 Å². The smallest absolute Gasteiger partial charge is 0.360 e. The monoisotopic (exact) mass is 411 g/mol. The lowest BCUT2D eigenvalue weighted by Gasteiger charge is -2.10. The van der Waals surface area contributed by atoms with Gasteiger partial charge in [0, 0.05) is 17.5 Å². The van der Waals surface area contributed by atoms with Crippen molar-refractivity contribution < 1.29 is 24.0 Å². The van der Waals surface area contributed by atoms with Gasteiger partial charge < -0.3 is 19.2 Å². The van der Waals surface area contributed by atoms with Crippen molar-refractivity contribution in [2.45, 2.75) is 20.0 Å². The second kappa shape index (κ2) is 12.0. The molecule has 0 aromatic heterocycles. The van der Waals surface area contributed by atoms with Gasteiger partial charge in [-0.25, -0.2) is 4.79 Å². The van der Waals surface area contributed by atoms with Crippen LogP contribution in [-0.4, -0.2) is 44.4 Å². The number of carbonyl (C=O) groups is 1. The van der Waals surface area contributed by atoms with Crippen LogP contribution in [0.15, 0.2) is 70.1 Å². The first kappa shape index (κ1) is 22.6. The van der Waals surface area contributed by atoms with Gasteiger partial charge in [0.25, 0.3) is 0 Å². The number of ether oxygens (including phenoxy) is 1. The van der Waals surface area contributed by atoms with E-state index in [9.17, 15) is 4.79 Å². The molecule has 158 valence electrons. The minimum Gasteiger partial charge on any atom is -0.464 e. The molecular formula is C22H25N3O5. The Balaban J connectivity index is 2.16. The van der Waals surface area contributed by atoms with Gasteiger partial charge in [0.2, 0.25) is 0 Å². The average Bonchev–Trinajstić information content (AvgIpc) is 2.78. The highest BCUT2D eigenvalue weighted by Crippen LogP contribution is 2.13. The van der Waals surface area contributed by atoms with E-state index < -0.39 is 5.97 Å². The third-order valence-corrected chi connectivity index (χ3v) is 4.09. The maximum absolute atomic E-state index is 12.0. The molecule has 0 saturated carbocycles. The lowest BCUT2D eigenvalue weighted by atomic mass is 10.0. The van der Waals surface area contributed by atoms with Crippen molar-refractivity contribution in [3.8, 4) is 0 Å². The van der Waals surface area contributed by atoms with Crippen molar-refractivity contribution in [2.75, 3.05) is 21.3 Å². The zero-order chi connectivity index (χ0) is 21.8. The van der Waals surface area contributed by atoms with Crippen LogP contribution in [0.4, 0.5) is 0 Å². The van der Waals surface area contributed by atoms with Gasteiger partial charge in [-0.1, -0.05) is 70.1 Å². The summed E-state index contributed by atoms with van der Waals surface area (Å²) in [6, 6.07) is 17.0. The van der Waals surface area contributed by atoms with Crippen molar-refractivity contribution in [3.05, 3.63) is 71.3 Å². The van der Waals surface area contributed by atoms with Crippen molar-refractivity contribution in [2.24, 2.45) is 15.5 Å². The summed E-state index contributed by atoms with van der Waals surface area (Å²) in [5, 5.41) is 12.0. The summed E-state index contributed by atoms with van der Waals surface area (Å²) in [6.07, 6.45) is 0.553. The Labute approximate surface area is 175 Å². The van der Waals surface area contributed by atoms with E-state index in [1.807, 2.05) is 42.5 Å². The molecule has 0 fully saturated rings. The molecule has 2 rings (SSSR count). The van der Waals surface area contributed by atoms with Crippen molar-refractivity contribution in [1.29, 1.82) is 0 Å². The van der Waals surface area contributed by atoms with E-state index in [1.54, 1.807) is 19.1 Å². The van der Waals surface area contributed by atoms with E-state index in [1.165, 1.54) is 21.3 Å². The number of benzene rings is 2. The second-order valence-corrected chi connectivity index (χ2v) is 6.10. The van der Waals surface area contributed by atoms with Crippen LogP contribution in [0, 0.1) is 0 Å². The number of hydrogen-bond donors (Lipinski definition) is 0. The summed E-state index contributed by atoms with van der Waals surface area (Å²) in [5.41, 5.74) is 3.58. The molecule has 8 nitrogen and oxygen atoms in total. The maximum Gasteiger partial charge on any atom is 0.360 e. The van der Waals surface area contributed by atoms with Crippen LogP contribution in [0.3, 0.4) is 0 Å². The molecule has 0 radical (unpaired) electrons. The van der Waals surface area contributed by atoms with Gasteiger partial charge in [0.1, 0.15) is 32.2 Å². The lowest BCUT2D eigenvalue weighted by Crippen LogP contribution is -2.19. The highest BCUT2D eigenvalue weighted by molar-refractivity contribution is 6.43. The van der Waals surface area contributed by atoms with E-state index in [2.05, 4.69) is 15.5 Å². The second-order valence-electron chi connectivity index (χ2n) is 6.10. The molecule has 0 amide bonds. The number of rotatable bonds is 10. The number of methoxy groups -OCH3 is 1. The summed E-state index contributed by atoms with van der Waals surface area (Å²) in [6.45, 7) is 1.90. The average molecular weight is 411 g/mol. The molecule has 0 aliphatic rings. The Morgan fingerprint density at radius 3 is 2.20 bits per heavy atom. The summed E-state index contributed by atoms with van der Waals surface area (Å²) in [4.78, 5) is 27.3. The van der Waals surface area contributed by atoms with Gasteiger partial charge in [0.05, 0.1) is 7.11 Å². The summed E-state index contributed by atoms with van der Waals surface area (Å²) >= 11 is 0. The number of nitrogens with zero attached hydrogens (tertiary/aromatic N) is 3. The van der Waals surface area contributed by atoms with Crippen molar-refractivity contribution in [1.82, 2.24) is 0 Å². The highest BCUT2D eigenvalue weighted by Gasteiger charge is 2.19. The Morgan fingerprint density at radius 2 is 1.53 bits per heavy atom. The van der Waals surface area contributed by atoms with Crippen LogP contribution in [0.25, 0.3) is 0 Å². The molecule has 0 N–H and O–H groups in total. The van der Waals surface area contributed by atoms with Gasteiger partial charge in [-0.05, 0) is 12.5 Å². The van der Waals surface area contributed by atoms with Crippen LogP contribution in [0.2, 0.25) is 0 Å². The molecule has 0 aliphatic carbocycles. The van der Waals surface area contributed by atoms with E-state index in [4.69, 9.17) is 19.2 Å². The van der Waals surface area contributed by atoms with Crippen LogP contribution in [-0.2, 0) is 37.1 Å². The Hall–Kier alpha value is -3.68. The van der Waals surface area contributed by atoms with E-state index in [-0.39, 0.29) is 12.3 Å². The zero-order valence-electron chi connectivity index (χ0n) is 17.5. The third-order valence-electron chi connectivity index (χ3n) is 4.09. The molecule has 0 aliphatic heterocycles. The largest absolute Gasteiger partial charge is 0.464 e. The predicted molar refractivity (Wildman–Crippen MR) is 114 cm³/mol. The Bertz CT molecular complexity index is 923. The van der Waals surface area contributed by atoms with Gasteiger partial charge in [-0.15, -0.1) is 0 Å².